The number of anilines is 1. The number of aliphatic hydroxyl groups excluding tert-OH is 2. The Balaban J connectivity index is 3.53. The quantitative estimate of drug-likeness (QED) is 0.397. The van der Waals surface area contributed by atoms with E-state index in [1.807, 2.05) is 0 Å². The number of nitro benzene ring substituents is 2. The second-order valence-corrected chi connectivity index (χ2v) is 3.92. The van der Waals surface area contributed by atoms with E-state index in [0.717, 1.165) is 0 Å². The Morgan fingerprint density at radius 1 is 1.14 bits per heavy atom. The SMILES string of the molecule is O=C(O)c1cc([N+](=O)[O-])c(NC(CO)CO)c([N+](=O)[O-])c1. The molecule has 1 rings (SSSR count). The largest absolute Gasteiger partial charge is 0.478 e. The number of nitro groups is 2. The molecule has 11 nitrogen and oxygen atoms in total. The Morgan fingerprint density at radius 2 is 1.57 bits per heavy atom. The lowest BCUT2D eigenvalue weighted by Gasteiger charge is -2.15. The van der Waals surface area contributed by atoms with Crippen LogP contribution in [0.3, 0.4) is 0 Å². The third kappa shape index (κ3) is 3.61. The van der Waals surface area contributed by atoms with Gasteiger partial charge in [0.2, 0.25) is 0 Å². The van der Waals surface area contributed by atoms with Gasteiger partial charge in [-0.3, -0.25) is 20.2 Å². The summed E-state index contributed by atoms with van der Waals surface area (Å²) in [6.07, 6.45) is 0. The molecule has 0 unspecified atom stereocenters. The molecule has 0 amide bonds. The Labute approximate surface area is 116 Å². The third-order valence-corrected chi connectivity index (χ3v) is 2.53. The molecule has 0 aliphatic rings. The van der Waals surface area contributed by atoms with Gasteiger partial charge in [-0.25, -0.2) is 4.79 Å². The van der Waals surface area contributed by atoms with E-state index in [1.165, 1.54) is 0 Å². The first-order chi connectivity index (χ1) is 9.81. The maximum atomic E-state index is 11.0. The predicted molar refractivity (Wildman–Crippen MR) is 68.3 cm³/mol. The maximum Gasteiger partial charge on any atom is 0.336 e. The van der Waals surface area contributed by atoms with Gasteiger partial charge < -0.3 is 20.6 Å². The van der Waals surface area contributed by atoms with Crippen molar-refractivity contribution < 1.29 is 30.0 Å². The molecule has 1 aromatic rings. The lowest BCUT2D eigenvalue weighted by Crippen LogP contribution is -2.28. The molecule has 4 N–H and O–H groups in total. The topological polar surface area (TPSA) is 176 Å². The zero-order valence-electron chi connectivity index (χ0n) is 10.4. The van der Waals surface area contributed by atoms with Gasteiger partial charge in [-0.2, -0.15) is 0 Å². The molecule has 0 heterocycles. The van der Waals surface area contributed by atoms with E-state index in [4.69, 9.17) is 15.3 Å². The molecule has 0 aromatic heterocycles. The van der Waals surface area contributed by atoms with E-state index in [0.29, 0.717) is 12.1 Å². The molecule has 0 saturated heterocycles. The lowest BCUT2D eigenvalue weighted by molar-refractivity contribution is -0.392. The fraction of sp³-hybridized carbons (Fsp3) is 0.300. The molecule has 0 atom stereocenters. The molecule has 0 aliphatic carbocycles. The number of rotatable bonds is 7. The predicted octanol–water partition coefficient (Wildman–Crippen LogP) is -0.0337. The van der Waals surface area contributed by atoms with Crippen LogP contribution in [0.5, 0.6) is 0 Å². The van der Waals surface area contributed by atoms with Crippen LogP contribution in [0.4, 0.5) is 17.1 Å². The molecular formula is C10H11N3O8. The van der Waals surface area contributed by atoms with Gasteiger partial charge in [0.1, 0.15) is 0 Å². The fourth-order valence-corrected chi connectivity index (χ4v) is 1.52. The number of aromatic carboxylic acids is 1. The van der Waals surface area contributed by atoms with Crippen LogP contribution in [-0.4, -0.2) is 50.4 Å². The summed E-state index contributed by atoms with van der Waals surface area (Å²) in [5.74, 6) is -1.56. The number of nitrogens with one attached hydrogen (secondary N) is 1. The smallest absolute Gasteiger partial charge is 0.336 e. The monoisotopic (exact) mass is 301 g/mol. The van der Waals surface area contributed by atoms with Crippen LogP contribution in [0.25, 0.3) is 0 Å². The Hall–Kier alpha value is -2.79. The van der Waals surface area contributed by atoms with Gasteiger partial charge in [-0.05, 0) is 0 Å². The molecular weight excluding hydrogens is 290 g/mol. The average molecular weight is 301 g/mol. The lowest BCUT2D eigenvalue weighted by atomic mass is 10.1. The van der Waals surface area contributed by atoms with Crippen molar-refractivity contribution in [2.24, 2.45) is 0 Å². The molecule has 0 spiro atoms. The summed E-state index contributed by atoms with van der Waals surface area (Å²) >= 11 is 0. The average Bonchev–Trinajstić information content (AvgIpc) is 2.43. The highest BCUT2D eigenvalue weighted by Gasteiger charge is 2.29. The molecule has 0 radical (unpaired) electrons. The number of benzene rings is 1. The van der Waals surface area contributed by atoms with Crippen LogP contribution in [0.1, 0.15) is 10.4 Å². The minimum absolute atomic E-state index is 0.580. The summed E-state index contributed by atoms with van der Waals surface area (Å²) in [5, 5.41) is 50.9. The first-order valence-electron chi connectivity index (χ1n) is 5.50. The van der Waals surface area contributed by atoms with Crippen LogP contribution >= 0.6 is 0 Å². The van der Waals surface area contributed by atoms with E-state index < -0.39 is 57.7 Å². The highest BCUT2D eigenvalue weighted by Crippen LogP contribution is 2.36. The summed E-state index contributed by atoms with van der Waals surface area (Å²) in [7, 11) is 0. The Morgan fingerprint density at radius 3 is 1.86 bits per heavy atom. The molecule has 0 aliphatic heterocycles. The number of carboxylic acid groups (broad SMARTS) is 1. The molecule has 114 valence electrons. The number of aliphatic hydroxyl groups is 2. The van der Waals surface area contributed by atoms with Gasteiger partial charge >= 0.3 is 5.97 Å². The van der Waals surface area contributed by atoms with E-state index >= 15 is 0 Å². The van der Waals surface area contributed by atoms with Crippen LogP contribution in [0, 0.1) is 20.2 Å². The van der Waals surface area contributed by atoms with Crippen molar-refractivity contribution in [1.29, 1.82) is 0 Å². The molecule has 0 bridgehead atoms. The number of carboxylic acids is 1. The number of carbonyl (C=O) groups is 1. The van der Waals surface area contributed by atoms with Gasteiger partial charge in [-0.15, -0.1) is 0 Å². The number of hydrogen-bond donors (Lipinski definition) is 4. The van der Waals surface area contributed by atoms with Crippen LogP contribution in [0.15, 0.2) is 12.1 Å². The zero-order chi connectivity index (χ0) is 16.2. The second kappa shape index (κ2) is 6.58. The second-order valence-electron chi connectivity index (χ2n) is 3.92. The highest BCUT2D eigenvalue weighted by atomic mass is 16.6. The van der Waals surface area contributed by atoms with Gasteiger partial charge in [0.25, 0.3) is 11.4 Å². The standard InChI is InChI=1S/C10H11N3O8/c14-3-6(4-15)11-9-7(12(18)19)1-5(10(16)17)2-8(9)13(20)21/h1-2,6,11,14-15H,3-4H2,(H,16,17). The van der Waals surface area contributed by atoms with Crippen molar-refractivity contribution in [2.45, 2.75) is 6.04 Å². The van der Waals surface area contributed by atoms with E-state index in [2.05, 4.69) is 5.32 Å². The van der Waals surface area contributed by atoms with Gasteiger partial charge in [-0.1, -0.05) is 0 Å². The third-order valence-electron chi connectivity index (χ3n) is 2.53. The van der Waals surface area contributed by atoms with Crippen molar-refractivity contribution in [2.75, 3.05) is 18.5 Å². The van der Waals surface area contributed by atoms with Crippen molar-refractivity contribution >= 4 is 23.0 Å². The van der Waals surface area contributed by atoms with Crippen molar-refractivity contribution in [3.8, 4) is 0 Å². The summed E-state index contributed by atoms with van der Waals surface area (Å²) < 4.78 is 0. The van der Waals surface area contributed by atoms with Crippen LogP contribution in [0.2, 0.25) is 0 Å². The van der Waals surface area contributed by atoms with Crippen molar-refractivity contribution in [1.82, 2.24) is 0 Å². The van der Waals surface area contributed by atoms with E-state index in [9.17, 15) is 25.0 Å². The fourth-order valence-electron chi connectivity index (χ4n) is 1.52. The first kappa shape index (κ1) is 16.3. The zero-order valence-corrected chi connectivity index (χ0v) is 10.4. The van der Waals surface area contributed by atoms with Crippen molar-refractivity contribution in [3.63, 3.8) is 0 Å². The molecule has 21 heavy (non-hydrogen) atoms. The summed E-state index contributed by atoms with van der Waals surface area (Å²) in [6.45, 7) is -1.27. The first-order valence-corrected chi connectivity index (χ1v) is 5.50. The molecule has 0 saturated carbocycles. The normalized spacial score (nSPS) is 10.4. The molecule has 0 fully saturated rings. The minimum Gasteiger partial charge on any atom is -0.478 e. The minimum atomic E-state index is -1.56. The molecule has 1 aromatic carbocycles. The van der Waals surface area contributed by atoms with Crippen LogP contribution in [-0.2, 0) is 0 Å². The Kier molecular flexibility index (Phi) is 5.10. The Bertz CT molecular complexity index is 549. The number of nitrogens with zero attached hydrogens (tertiary/aromatic N) is 2. The van der Waals surface area contributed by atoms with Crippen LogP contribution < -0.4 is 5.32 Å². The van der Waals surface area contributed by atoms with E-state index in [1.54, 1.807) is 0 Å². The van der Waals surface area contributed by atoms with Crippen molar-refractivity contribution in [3.05, 3.63) is 37.9 Å². The van der Waals surface area contributed by atoms with Gasteiger partial charge in [0.15, 0.2) is 5.69 Å². The summed E-state index contributed by atoms with van der Waals surface area (Å²) in [4.78, 5) is 30.8. The van der Waals surface area contributed by atoms with Gasteiger partial charge in [0.05, 0.1) is 34.7 Å². The highest BCUT2D eigenvalue weighted by molar-refractivity contribution is 5.92. The summed E-state index contributed by atoms with van der Waals surface area (Å²) in [6, 6.07) is 0.241. The van der Waals surface area contributed by atoms with E-state index in [-0.39, 0.29) is 0 Å². The number of hydrogen-bond acceptors (Lipinski definition) is 8. The summed E-state index contributed by atoms with van der Waals surface area (Å²) in [5.41, 5.74) is -2.88. The molecule has 11 heteroatoms. The maximum absolute atomic E-state index is 11.0. The van der Waals surface area contributed by atoms with Gasteiger partial charge in [0, 0.05) is 12.1 Å².